The summed E-state index contributed by atoms with van der Waals surface area (Å²) in [5.41, 5.74) is 8.18. The number of rotatable bonds is 7. The van der Waals surface area contributed by atoms with Crippen LogP contribution in [0.1, 0.15) is 31.2 Å². The molecule has 1 aliphatic carbocycles. The van der Waals surface area contributed by atoms with Crippen LogP contribution in [0.3, 0.4) is 0 Å². The zero-order chi connectivity index (χ0) is 13.7. The molecule has 2 rings (SSSR count). The minimum atomic E-state index is -0.0277. The number of carbonyl (C=O) groups excluding carboxylic acids is 1. The highest BCUT2D eigenvalue weighted by Gasteiger charge is 2.20. The van der Waals surface area contributed by atoms with Gasteiger partial charge in [0.2, 0.25) is 5.91 Å². The van der Waals surface area contributed by atoms with E-state index in [-0.39, 0.29) is 5.91 Å². The Labute approximate surface area is 114 Å². The van der Waals surface area contributed by atoms with Gasteiger partial charge in [-0.25, -0.2) is 0 Å². The number of ether oxygens (including phenoxy) is 1. The molecule has 0 radical (unpaired) electrons. The van der Waals surface area contributed by atoms with Gasteiger partial charge >= 0.3 is 0 Å². The summed E-state index contributed by atoms with van der Waals surface area (Å²) in [6.07, 6.45) is 4.21. The molecule has 4 heteroatoms. The van der Waals surface area contributed by atoms with E-state index in [1.165, 1.54) is 12.8 Å². The van der Waals surface area contributed by atoms with Gasteiger partial charge in [-0.15, -0.1) is 0 Å². The Balaban J connectivity index is 1.66. The van der Waals surface area contributed by atoms with Crippen LogP contribution >= 0.6 is 0 Å². The minimum Gasteiger partial charge on any atom is -0.398 e. The van der Waals surface area contributed by atoms with Crippen LogP contribution in [-0.4, -0.2) is 19.1 Å². The summed E-state index contributed by atoms with van der Waals surface area (Å²) < 4.78 is 5.46. The summed E-state index contributed by atoms with van der Waals surface area (Å²) in [4.78, 5) is 11.8. The lowest BCUT2D eigenvalue weighted by Crippen LogP contribution is -2.15. The molecule has 0 saturated heterocycles. The van der Waals surface area contributed by atoms with Gasteiger partial charge in [-0.05, 0) is 37.0 Å². The molecule has 3 N–H and O–H groups in total. The van der Waals surface area contributed by atoms with E-state index in [1.807, 2.05) is 25.1 Å². The summed E-state index contributed by atoms with van der Waals surface area (Å²) in [7, 11) is 0. The smallest absolute Gasteiger partial charge is 0.226 e. The van der Waals surface area contributed by atoms with E-state index in [4.69, 9.17) is 10.5 Å². The molecule has 1 aromatic rings. The quantitative estimate of drug-likeness (QED) is 0.586. The molecular weight excluding hydrogens is 240 g/mol. The van der Waals surface area contributed by atoms with Crippen molar-refractivity contribution in [1.29, 1.82) is 0 Å². The van der Waals surface area contributed by atoms with Crippen molar-refractivity contribution >= 4 is 17.3 Å². The number of hydrogen-bond donors (Lipinski definition) is 2. The second-order valence-corrected chi connectivity index (χ2v) is 5.16. The molecule has 19 heavy (non-hydrogen) atoms. The number of anilines is 2. The molecular formula is C15H22N2O2. The summed E-state index contributed by atoms with van der Waals surface area (Å²) >= 11 is 0. The summed E-state index contributed by atoms with van der Waals surface area (Å²) in [6, 6.07) is 5.52. The molecule has 1 aromatic carbocycles. The van der Waals surface area contributed by atoms with Gasteiger partial charge in [0.1, 0.15) is 0 Å². The van der Waals surface area contributed by atoms with Gasteiger partial charge < -0.3 is 15.8 Å². The predicted octanol–water partition coefficient (Wildman–Crippen LogP) is 2.72. The Morgan fingerprint density at radius 1 is 1.42 bits per heavy atom. The zero-order valence-corrected chi connectivity index (χ0v) is 11.4. The van der Waals surface area contributed by atoms with E-state index in [2.05, 4.69) is 5.32 Å². The Morgan fingerprint density at radius 3 is 2.95 bits per heavy atom. The van der Waals surface area contributed by atoms with E-state index in [9.17, 15) is 4.79 Å². The van der Waals surface area contributed by atoms with E-state index in [0.29, 0.717) is 18.7 Å². The first-order chi connectivity index (χ1) is 9.16. The third-order valence-corrected chi connectivity index (χ3v) is 3.49. The van der Waals surface area contributed by atoms with E-state index < -0.39 is 0 Å². The summed E-state index contributed by atoms with van der Waals surface area (Å²) in [5, 5.41) is 2.86. The van der Waals surface area contributed by atoms with Crippen molar-refractivity contribution in [3.63, 3.8) is 0 Å². The Kier molecular flexibility index (Phi) is 4.80. The van der Waals surface area contributed by atoms with Crippen LogP contribution < -0.4 is 11.1 Å². The maximum atomic E-state index is 11.8. The van der Waals surface area contributed by atoms with Gasteiger partial charge in [0.05, 0.1) is 13.0 Å². The third kappa shape index (κ3) is 4.56. The maximum Gasteiger partial charge on any atom is 0.226 e. The highest BCUT2D eigenvalue weighted by atomic mass is 16.5. The Hall–Kier alpha value is -1.55. The molecule has 0 bridgehead atoms. The zero-order valence-electron chi connectivity index (χ0n) is 11.4. The highest BCUT2D eigenvalue weighted by molar-refractivity contribution is 5.92. The average molecular weight is 262 g/mol. The van der Waals surface area contributed by atoms with Crippen molar-refractivity contribution in [1.82, 2.24) is 0 Å². The first-order valence-corrected chi connectivity index (χ1v) is 6.89. The van der Waals surface area contributed by atoms with E-state index in [0.717, 1.165) is 30.2 Å². The van der Waals surface area contributed by atoms with Crippen molar-refractivity contribution in [2.75, 3.05) is 24.3 Å². The highest BCUT2D eigenvalue weighted by Crippen LogP contribution is 2.32. The molecule has 0 heterocycles. The minimum absolute atomic E-state index is 0.0277. The average Bonchev–Trinajstić information content (AvgIpc) is 3.19. The molecule has 1 aliphatic rings. The largest absolute Gasteiger partial charge is 0.398 e. The number of amides is 1. The number of nitrogens with one attached hydrogen (secondary N) is 1. The van der Waals surface area contributed by atoms with Crippen LogP contribution in [0.4, 0.5) is 11.4 Å². The SMILES string of the molecule is Cc1c(N)cccc1NC(=O)CCOCCC1CC1. The van der Waals surface area contributed by atoms with Crippen LogP contribution in [0.15, 0.2) is 18.2 Å². The molecule has 1 amide bonds. The summed E-state index contributed by atoms with van der Waals surface area (Å²) in [5.74, 6) is 0.851. The van der Waals surface area contributed by atoms with Gasteiger partial charge in [0.15, 0.2) is 0 Å². The van der Waals surface area contributed by atoms with Gasteiger partial charge in [-0.3, -0.25) is 4.79 Å². The molecule has 0 aromatic heterocycles. The third-order valence-electron chi connectivity index (χ3n) is 3.49. The predicted molar refractivity (Wildman–Crippen MR) is 77.0 cm³/mol. The fraction of sp³-hybridized carbons (Fsp3) is 0.533. The van der Waals surface area contributed by atoms with Crippen LogP contribution in [0.2, 0.25) is 0 Å². The second kappa shape index (κ2) is 6.57. The number of benzene rings is 1. The maximum absolute atomic E-state index is 11.8. The molecule has 0 unspecified atom stereocenters. The number of carbonyl (C=O) groups is 1. The molecule has 1 saturated carbocycles. The van der Waals surface area contributed by atoms with Crippen molar-refractivity contribution in [3.8, 4) is 0 Å². The number of nitrogen functional groups attached to an aromatic ring is 1. The fourth-order valence-electron chi connectivity index (χ4n) is 1.93. The van der Waals surface area contributed by atoms with Crippen molar-refractivity contribution in [3.05, 3.63) is 23.8 Å². The second-order valence-electron chi connectivity index (χ2n) is 5.16. The normalized spacial score (nSPS) is 14.4. The van der Waals surface area contributed by atoms with Crippen LogP contribution in [0.5, 0.6) is 0 Å². The molecule has 4 nitrogen and oxygen atoms in total. The molecule has 0 spiro atoms. The fourth-order valence-corrected chi connectivity index (χ4v) is 1.93. The standard InChI is InChI=1S/C15H22N2O2/c1-11-13(16)3-2-4-14(11)17-15(18)8-10-19-9-7-12-5-6-12/h2-4,12H,5-10,16H2,1H3,(H,17,18). The van der Waals surface area contributed by atoms with Gasteiger partial charge in [-0.2, -0.15) is 0 Å². The van der Waals surface area contributed by atoms with Gasteiger partial charge in [0, 0.05) is 18.0 Å². The van der Waals surface area contributed by atoms with Crippen LogP contribution in [0, 0.1) is 12.8 Å². The number of nitrogens with two attached hydrogens (primary N) is 1. The molecule has 104 valence electrons. The molecule has 1 fully saturated rings. The monoisotopic (exact) mass is 262 g/mol. The van der Waals surface area contributed by atoms with Gasteiger partial charge in [0.25, 0.3) is 0 Å². The Morgan fingerprint density at radius 2 is 2.21 bits per heavy atom. The first-order valence-electron chi connectivity index (χ1n) is 6.89. The van der Waals surface area contributed by atoms with Crippen molar-refractivity contribution < 1.29 is 9.53 Å². The topological polar surface area (TPSA) is 64.3 Å². The Bertz CT molecular complexity index is 442. The lowest BCUT2D eigenvalue weighted by molar-refractivity contribution is -0.117. The lowest BCUT2D eigenvalue weighted by atomic mass is 10.1. The van der Waals surface area contributed by atoms with Crippen LogP contribution in [0.25, 0.3) is 0 Å². The van der Waals surface area contributed by atoms with E-state index >= 15 is 0 Å². The summed E-state index contributed by atoms with van der Waals surface area (Å²) in [6.45, 7) is 3.16. The molecule has 0 aliphatic heterocycles. The van der Waals surface area contributed by atoms with Crippen molar-refractivity contribution in [2.24, 2.45) is 5.92 Å². The molecule has 0 atom stereocenters. The lowest BCUT2D eigenvalue weighted by Gasteiger charge is -2.10. The first kappa shape index (κ1) is 13.9. The van der Waals surface area contributed by atoms with Crippen LogP contribution in [-0.2, 0) is 9.53 Å². The number of hydrogen-bond acceptors (Lipinski definition) is 3. The van der Waals surface area contributed by atoms with Gasteiger partial charge in [-0.1, -0.05) is 18.9 Å². The van der Waals surface area contributed by atoms with Crippen molar-refractivity contribution in [2.45, 2.75) is 32.6 Å². The van der Waals surface area contributed by atoms with E-state index in [1.54, 1.807) is 0 Å².